The number of rotatable bonds is 11. The largest absolute Gasteiger partial charge is 0.462 e. The van der Waals surface area contributed by atoms with Crippen LogP contribution in [0.1, 0.15) is 68.3 Å². The van der Waals surface area contributed by atoms with Crippen molar-refractivity contribution in [1.82, 2.24) is 4.90 Å². The van der Waals surface area contributed by atoms with Crippen LogP contribution in [-0.4, -0.2) is 41.8 Å². The summed E-state index contributed by atoms with van der Waals surface area (Å²) in [7, 11) is 1.32. The van der Waals surface area contributed by atoms with Gasteiger partial charge in [-0.15, -0.1) is 0 Å². The zero-order chi connectivity index (χ0) is 23.1. The second-order valence-electron chi connectivity index (χ2n) is 7.90. The Balaban J connectivity index is 1.72. The van der Waals surface area contributed by atoms with Crippen molar-refractivity contribution < 1.29 is 28.6 Å². The summed E-state index contributed by atoms with van der Waals surface area (Å²) >= 11 is 3.48. The number of carbonyl (C=O) groups excluding carboxylic acids is 2. The number of carbonyl (C=O) groups is 2. The van der Waals surface area contributed by atoms with Gasteiger partial charge in [-0.1, -0.05) is 62.9 Å². The molecule has 0 spiro atoms. The quantitative estimate of drug-likeness (QED) is 0.413. The van der Waals surface area contributed by atoms with Crippen molar-refractivity contribution >= 4 is 27.9 Å². The Morgan fingerprint density at radius 1 is 1.25 bits per heavy atom. The lowest BCUT2D eigenvalue weighted by atomic mass is 10.0. The fourth-order valence-corrected chi connectivity index (χ4v) is 4.37. The Morgan fingerprint density at radius 3 is 2.66 bits per heavy atom. The van der Waals surface area contributed by atoms with E-state index in [0.29, 0.717) is 0 Å². The first-order valence-corrected chi connectivity index (χ1v) is 11.8. The minimum absolute atomic E-state index is 0.0512. The lowest BCUT2D eigenvalue weighted by molar-refractivity contribution is -0.148. The number of methoxy groups -OCH3 is 1. The predicted molar refractivity (Wildman–Crippen MR) is 122 cm³/mol. The van der Waals surface area contributed by atoms with Crippen molar-refractivity contribution in [2.45, 2.75) is 63.7 Å². The Bertz CT molecular complexity index is 899. The smallest absolute Gasteiger partial charge is 0.417 e. The molecule has 1 N–H and O–H groups in total. The molecule has 1 fully saturated rings. The molecule has 8 heteroatoms. The van der Waals surface area contributed by atoms with Crippen LogP contribution in [0.3, 0.4) is 0 Å². The molecular weight excluding hydrogens is 478 g/mol. The molecule has 174 valence electrons. The summed E-state index contributed by atoms with van der Waals surface area (Å²) in [6.07, 6.45) is 2.95. The van der Waals surface area contributed by atoms with E-state index in [1.807, 2.05) is 30.3 Å². The van der Waals surface area contributed by atoms with E-state index in [4.69, 9.17) is 13.9 Å². The van der Waals surface area contributed by atoms with E-state index >= 15 is 0 Å². The number of imide groups is 1. The molecule has 0 saturated carbocycles. The van der Waals surface area contributed by atoms with Crippen LogP contribution in [0.5, 0.6) is 0 Å². The topological polar surface area (TPSA) is 89.2 Å². The van der Waals surface area contributed by atoms with E-state index in [2.05, 4.69) is 22.9 Å². The molecule has 1 aliphatic rings. The highest BCUT2D eigenvalue weighted by molar-refractivity contribution is 9.10. The summed E-state index contributed by atoms with van der Waals surface area (Å²) in [5.41, 5.74) is 0.766. The van der Waals surface area contributed by atoms with E-state index in [9.17, 15) is 14.7 Å². The van der Waals surface area contributed by atoms with Crippen molar-refractivity contribution in [2.75, 3.05) is 13.7 Å². The van der Waals surface area contributed by atoms with Crippen LogP contribution >= 0.6 is 15.9 Å². The molecule has 1 aliphatic heterocycles. The van der Waals surface area contributed by atoms with E-state index in [1.54, 1.807) is 6.07 Å². The number of ether oxygens (including phenoxy) is 2. The Labute approximate surface area is 196 Å². The normalized spacial score (nSPS) is 17.9. The molecule has 3 atom stereocenters. The molecule has 1 aromatic heterocycles. The molecule has 3 rings (SSSR count). The van der Waals surface area contributed by atoms with Crippen LogP contribution < -0.4 is 0 Å². The Hall–Kier alpha value is -2.16. The van der Waals surface area contributed by atoms with Crippen LogP contribution in [0.4, 0.5) is 4.79 Å². The van der Waals surface area contributed by atoms with Gasteiger partial charge in [0.15, 0.2) is 6.10 Å². The van der Waals surface area contributed by atoms with Crippen molar-refractivity contribution in [2.24, 2.45) is 0 Å². The van der Waals surface area contributed by atoms with Crippen LogP contribution in [0, 0.1) is 0 Å². The number of unbranched alkanes of at least 4 members (excludes halogenated alkanes) is 4. The van der Waals surface area contributed by atoms with Crippen LogP contribution in [0.25, 0.3) is 0 Å². The molecule has 0 aliphatic carbocycles. The number of hydrogen-bond acceptors (Lipinski definition) is 6. The number of cyclic esters (lactones) is 1. The zero-order valence-corrected chi connectivity index (χ0v) is 20.0. The summed E-state index contributed by atoms with van der Waals surface area (Å²) < 4.78 is 17.0. The lowest BCUT2D eigenvalue weighted by Gasteiger charge is -2.26. The second-order valence-corrected chi connectivity index (χ2v) is 8.75. The minimum atomic E-state index is -1.37. The van der Waals surface area contributed by atoms with Crippen LogP contribution in [0.2, 0.25) is 0 Å². The highest BCUT2D eigenvalue weighted by Crippen LogP contribution is 2.33. The number of furan rings is 1. The van der Waals surface area contributed by atoms with Gasteiger partial charge in [-0.3, -0.25) is 4.79 Å². The third-order valence-corrected chi connectivity index (χ3v) is 6.33. The monoisotopic (exact) mass is 507 g/mol. The third kappa shape index (κ3) is 5.60. The van der Waals surface area contributed by atoms with E-state index < -0.39 is 30.3 Å². The first-order chi connectivity index (χ1) is 15.5. The van der Waals surface area contributed by atoms with Gasteiger partial charge in [0.25, 0.3) is 5.91 Å². The first-order valence-electron chi connectivity index (χ1n) is 11.0. The molecule has 7 nitrogen and oxygen atoms in total. The summed E-state index contributed by atoms with van der Waals surface area (Å²) in [6, 6.07) is 10.2. The van der Waals surface area contributed by atoms with Crippen molar-refractivity contribution in [3.63, 3.8) is 0 Å². The van der Waals surface area contributed by atoms with Crippen LogP contribution in [0.15, 0.2) is 45.3 Å². The number of hydrogen-bond donors (Lipinski definition) is 1. The van der Waals surface area contributed by atoms with Gasteiger partial charge in [0.2, 0.25) is 0 Å². The molecule has 0 radical (unpaired) electrons. The third-order valence-electron chi connectivity index (χ3n) is 5.65. The van der Waals surface area contributed by atoms with E-state index in [-0.39, 0.29) is 12.4 Å². The van der Waals surface area contributed by atoms with Gasteiger partial charge in [0.05, 0.1) is 4.47 Å². The molecule has 2 amide bonds. The number of benzene rings is 1. The fourth-order valence-electron chi connectivity index (χ4n) is 3.87. The molecule has 32 heavy (non-hydrogen) atoms. The Morgan fingerprint density at radius 2 is 1.97 bits per heavy atom. The van der Waals surface area contributed by atoms with E-state index in [1.165, 1.54) is 26.4 Å². The van der Waals surface area contributed by atoms with Gasteiger partial charge in [-0.2, -0.15) is 0 Å². The van der Waals surface area contributed by atoms with Crippen LogP contribution in [-0.2, 0) is 20.7 Å². The summed E-state index contributed by atoms with van der Waals surface area (Å²) in [5, 5.41) is 10.9. The number of aryl methyl sites for hydroxylation is 1. The highest BCUT2D eigenvalue weighted by Gasteiger charge is 2.44. The number of nitrogens with zero attached hydrogens (tertiary/aromatic N) is 1. The zero-order valence-electron chi connectivity index (χ0n) is 18.5. The molecule has 0 bridgehead atoms. The number of amides is 2. The van der Waals surface area contributed by atoms with Gasteiger partial charge < -0.3 is 19.0 Å². The Kier molecular flexibility index (Phi) is 8.90. The van der Waals surface area contributed by atoms with Crippen molar-refractivity contribution in [3.8, 4) is 0 Å². The van der Waals surface area contributed by atoms with E-state index in [0.717, 1.165) is 40.0 Å². The van der Waals surface area contributed by atoms with Gasteiger partial charge in [-0.05, 0) is 34.0 Å². The molecular formula is C24H30BrNO6. The van der Waals surface area contributed by atoms with Crippen molar-refractivity contribution in [3.05, 3.63) is 58.0 Å². The average molecular weight is 508 g/mol. The maximum Gasteiger partial charge on any atom is 0.417 e. The van der Waals surface area contributed by atoms with Crippen molar-refractivity contribution in [1.29, 1.82) is 0 Å². The number of aliphatic hydroxyl groups is 1. The maximum atomic E-state index is 13.2. The average Bonchev–Trinajstić information content (AvgIpc) is 3.37. The molecule has 1 aromatic carbocycles. The summed E-state index contributed by atoms with van der Waals surface area (Å²) in [4.78, 5) is 26.6. The molecule has 2 heterocycles. The standard InChI is InChI=1S/C24H30BrNO6/c1-3-4-5-6-10-13-19-17(25)14-20(32-19)21(27)22(30-2)23(28)26-18(15-31-24(26)29)16-11-8-7-9-12-16/h7-9,11-12,14,18,21-22,27H,3-6,10,13,15H2,1-2H3/t18-,21-,22+/m1/s1. The lowest BCUT2D eigenvalue weighted by Crippen LogP contribution is -2.44. The molecule has 1 saturated heterocycles. The van der Waals surface area contributed by atoms with Gasteiger partial charge >= 0.3 is 6.09 Å². The fraction of sp³-hybridized carbons (Fsp3) is 0.500. The van der Waals surface area contributed by atoms with Gasteiger partial charge in [-0.25, -0.2) is 9.69 Å². The number of halogens is 1. The molecule has 0 unspecified atom stereocenters. The maximum absolute atomic E-state index is 13.2. The van der Waals surface area contributed by atoms with Gasteiger partial charge in [0, 0.05) is 13.5 Å². The second kappa shape index (κ2) is 11.6. The summed E-state index contributed by atoms with van der Waals surface area (Å²) in [6.45, 7) is 2.23. The van der Waals surface area contributed by atoms with Gasteiger partial charge in [0.1, 0.15) is 30.3 Å². The predicted octanol–water partition coefficient (Wildman–Crippen LogP) is 5.32. The highest BCUT2D eigenvalue weighted by atomic mass is 79.9. The molecule has 2 aromatic rings. The first kappa shape index (κ1) is 24.5. The number of aliphatic hydroxyl groups excluding tert-OH is 1. The minimum Gasteiger partial charge on any atom is -0.462 e. The summed E-state index contributed by atoms with van der Waals surface area (Å²) in [5.74, 6) is 0.259. The SMILES string of the molecule is CCCCCCCc1oc([C@@H](O)[C@H](OC)C(=O)N2C(=O)OC[C@@H]2c2ccccc2)cc1Br.